The molecule has 0 aromatic heterocycles. The van der Waals surface area contributed by atoms with Crippen LogP contribution in [0.1, 0.15) is 39.9 Å². The van der Waals surface area contributed by atoms with Crippen LogP contribution in [0.3, 0.4) is 0 Å². The van der Waals surface area contributed by atoms with Gasteiger partial charge in [0.25, 0.3) is 5.91 Å². The maximum absolute atomic E-state index is 12.5. The highest BCUT2D eigenvalue weighted by atomic mass is 16.1. The Morgan fingerprint density at radius 1 is 0.826 bits per heavy atom. The van der Waals surface area contributed by atoms with Crippen molar-refractivity contribution in [3.63, 3.8) is 0 Å². The molecule has 118 valence electrons. The fourth-order valence-electron chi connectivity index (χ4n) is 2.81. The first kappa shape index (κ1) is 15.5. The van der Waals surface area contributed by atoms with Crippen LogP contribution >= 0.6 is 0 Å². The van der Waals surface area contributed by atoms with Crippen molar-refractivity contribution in [2.24, 2.45) is 4.99 Å². The standard InChI is InChI=1S/C20H22N2O/c1-15-5-9-17(10-6-15)19(22-13-3-4-14-22)21-20(23)18-11-7-16(2)8-12-18/h5-12H,3-4,13-14H2,1-2H3. The molecule has 1 aliphatic rings. The number of nitrogens with zero attached hydrogens (tertiary/aromatic N) is 2. The molecule has 0 bridgehead atoms. The topological polar surface area (TPSA) is 32.7 Å². The average Bonchev–Trinajstić information content (AvgIpc) is 3.08. The highest BCUT2D eigenvalue weighted by molar-refractivity contribution is 6.09. The predicted molar refractivity (Wildman–Crippen MR) is 94.0 cm³/mol. The zero-order valence-corrected chi connectivity index (χ0v) is 13.7. The molecule has 3 nitrogen and oxygen atoms in total. The maximum Gasteiger partial charge on any atom is 0.278 e. The molecule has 3 rings (SSSR count). The molecule has 0 aliphatic carbocycles. The lowest BCUT2D eigenvalue weighted by atomic mass is 10.1. The van der Waals surface area contributed by atoms with Crippen LogP contribution in [0, 0.1) is 13.8 Å². The van der Waals surface area contributed by atoms with E-state index in [-0.39, 0.29) is 5.91 Å². The van der Waals surface area contributed by atoms with Gasteiger partial charge >= 0.3 is 0 Å². The summed E-state index contributed by atoms with van der Waals surface area (Å²) in [5.41, 5.74) is 4.00. The molecule has 1 heterocycles. The van der Waals surface area contributed by atoms with Gasteiger partial charge in [0.1, 0.15) is 5.84 Å². The third-order valence-electron chi connectivity index (χ3n) is 4.22. The Hall–Kier alpha value is -2.42. The lowest BCUT2D eigenvalue weighted by Crippen LogP contribution is -2.29. The second-order valence-electron chi connectivity index (χ2n) is 6.17. The van der Waals surface area contributed by atoms with Crippen molar-refractivity contribution in [3.05, 3.63) is 70.8 Å². The number of carbonyl (C=O) groups excluding carboxylic acids is 1. The van der Waals surface area contributed by atoms with Crippen LogP contribution in [0.5, 0.6) is 0 Å². The van der Waals surface area contributed by atoms with E-state index in [2.05, 4.69) is 41.1 Å². The number of amidine groups is 1. The van der Waals surface area contributed by atoms with Gasteiger partial charge in [-0.05, 0) is 38.8 Å². The zero-order chi connectivity index (χ0) is 16.2. The monoisotopic (exact) mass is 306 g/mol. The molecule has 1 saturated heterocycles. The summed E-state index contributed by atoms with van der Waals surface area (Å²) >= 11 is 0. The number of aryl methyl sites for hydroxylation is 2. The summed E-state index contributed by atoms with van der Waals surface area (Å²) in [6.45, 7) is 6.01. The highest BCUT2D eigenvalue weighted by Crippen LogP contribution is 2.16. The summed E-state index contributed by atoms with van der Waals surface area (Å²) in [4.78, 5) is 19.2. The van der Waals surface area contributed by atoms with Crippen molar-refractivity contribution in [2.75, 3.05) is 13.1 Å². The lowest BCUT2D eigenvalue weighted by Gasteiger charge is -2.20. The number of likely N-dealkylation sites (tertiary alicyclic amines) is 1. The summed E-state index contributed by atoms with van der Waals surface area (Å²) in [5.74, 6) is 0.626. The molecule has 0 unspecified atom stereocenters. The number of carbonyl (C=O) groups is 1. The number of aliphatic imine (C=N–C) groups is 1. The number of benzene rings is 2. The molecule has 2 aromatic rings. The highest BCUT2D eigenvalue weighted by Gasteiger charge is 2.19. The molecule has 0 radical (unpaired) electrons. The van der Waals surface area contributed by atoms with Crippen LogP contribution in [-0.4, -0.2) is 29.7 Å². The van der Waals surface area contributed by atoms with Gasteiger partial charge in [0, 0.05) is 24.2 Å². The van der Waals surface area contributed by atoms with Gasteiger partial charge in [-0.15, -0.1) is 0 Å². The predicted octanol–water partition coefficient (Wildman–Crippen LogP) is 3.99. The molecule has 3 heteroatoms. The van der Waals surface area contributed by atoms with Crippen LogP contribution in [0.15, 0.2) is 53.5 Å². The summed E-state index contributed by atoms with van der Waals surface area (Å²) in [5, 5.41) is 0. The van der Waals surface area contributed by atoms with Crippen molar-refractivity contribution in [1.29, 1.82) is 0 Å². The molecule has 2 aromatic carbocycles. The van der Waals surface area contributed by atoms with E-state index in [1.807, 2.05) is 31.2 Å². The smallest absolute Gasteiger partial charge is 0.278 e. The number of hydrogen-bond donors (Lipinski definition) is 0. The minimum absolute atomic E-state index is 0.174. The van der Waals surface area contributed by atoms with Gasteiger partial charge in [-0.3, -0.25) is 4.79 Å². The Balaban J connectivity index is 1.95. The molecule has 1 fully saturated rings. The summed E-state index contributed by atoms with van der Waals surface area (Å²) in [6, 6.07) is 15.8. The zero-order valence-electron chi connectivity index (χ0n) is 13.7. The second-order valence-corrected chi connectivity index (χ2v) is 6.17. The maximum atomic E-state index is 12.5. The van der Waals surface area contributed by atoms with Crippen LogP contribution < -0.4 is 0 Å². The van der Waals surface area contributed by atoms with E-state index in [4.69, 9.17) is 0 Å². The Morgan fingerprint density at radius 3 is 1.83 bits per heavy atom. The SMILES string of the molecule is Cc1ccc(C(=O)N=C(c2ccc(C)cc2)N2CCCC2)cc1. The summed E-state index contributed by atoms with van der Waals surface area (Å²) in [6.07, 6.45) is 2.31. The minimum atomic E-state index is -0.174. The van der Waals surface area contributed by atoms with Gasteiger partial charge in [0.2, 0.25) is 0 Å². The van der Waals surface area contributed by atoms with E-state index in [1.54, 1.807) is 0 Å². The first-order chi connectivity index (χ1) is 11.1. The van der Waals surface area contributed by atoms with E-state index in [0.717, 1.165) is 42.9 Å². The Kier molecular flexibility index (Phi) is 4.56. The fourth-order valence-corrected chi connectivity index (χ4v) is 2.81. The Bertz CT molecular complexity index is 708. The van der Waals surface area contributed by atoms with E-state index in [0.29, 0.717) is 5.56 Å². The molecule has 0 atom stereocenters. The fraction of sp³-hybridized carbons (Fsp3) is 0.300. The molecule has 1 amide bonds. The molecular weight excluding hydrogens is 284 g/mol. The van der Waals surface area contributed by atoms with Crippen molar-refractivity contribution in [2.45, 2.75) is 26.7 Å². The van der Waals surface area contributed by atoms with Crippen molar-refractivity contribution < 1.29 is 4.79 Å². The van der Waals surface area contributed by atoms with Crippen LogP contribution in [-0.2, 0) is 0 Å². The summed E-state index contributed by atoms with van der Waals surface area (Å²) < 4.78 is 0. The van der Waals surface area contributed by atoms with Crippen LogP contribution in [0.2, 0.25) is 0 Å². The van der Waals surface area contributed by atoms with Gasteiger partial charge in [-0.2, -0.15) is 4.99 Å². The summed E-state index contributed by atoms with van der Waals surface area (Å²) in [7, 11) is 0. The minimum Gasteiger partial charge on any atom is -0.356 e. The Morgan fingerprint density at radius 2 is 1.30 bits per heavy atom. The molecule has 1 aliphatic heterocycles. The molecule has 0 N–H and O–H groups in total. The normalized spacial score (nSPS) is 15.0. The van der Waals surface area contributed by atoms with Crippen molar-refractivity contribution in [3.8, 4) is 0 Å². The van der Waals surface area contributed by atoms with Crippen molar-refractivity contribution >= 4 is 11.7 Å². The van der Waals surface area contributed by atoms with Crippen LogP contribution in [0.4, 0.5) is 0 Å². The van der Waals surface area contributed by atoms with Gasteiger partial charge in [-0.1, -0.05) is 47.5 Å². The lowest BCUT2D eigenvalue weighted by molar-refractivity contribution is 0.100. The molecule has 0 spiro atoms. The third kappa shape index (κ3) is 3.67. The van der Waals surface area contributed by atoms with E-state index in [1.165, 1.54) is 5.56 Å². The first-order valence-corrected chi connectivity index (χ1v) is 8.15. The van der Waals surface area contributed by atoms with Gasteiger partial charge in [0.05, 0.1) is 0 Å². The van der Waals surface area contributed by atoms with E-state index >= 15 is 0 Å². The number of amides is 1. The average molecular weight is 306 g/mol. The van der Waals surface area contributed by atoms with Gasteiger partial charge in [-0.25, -0.2) is 0 Å². The van der Waals surface area contributed by atoms with E-state index in [9.17, 15) is 4.79 Å². The number of hydrogen-bond acceptors (Lipinski definition) is 1. The first-order valence-electron chi connectivity index (χ1n) is 8.15. The van der Waals surface area contributed by atoms with Crippen LogP contribution in [0.25, 0.3) is 0 Å². The van der Waals surface area contributed by atoms with Gasteiger partial charge < -0.3 is 4.90 Å². The molecule has 23 heavy (non-hydrogen) atoms. The quantitative estimate of drug-likeness (QED) is 0.621. The van der Waals surface area contributed by atoms with Gasteiger partial charge in [0.15, 0.2) is 0 Å². The Labute approximate surface area is 137 Å². The number of rotatable bonds is 2. The van der Waals surface area contributed by atoms with E-state index < -0.39 is 0 Å². The molecule has 0 saturated carbocycles. The third-order valence-corrected chi connectivity index (χ3v) is 4.22. The molecular formula is C20H22N2O. The second kappa shape index (κ2) is 6.78. The largest absolute Gasteiger partial charge is 0.356 e. The van der Waals surface area contributed by atoms with Crippen molar-refractivity contribution in [1.82, 2.24) is 4.90 Å².